The number of rotatable bonds is 0. The number of benzene rings is 1. The van der Waals surface area contributed by atoms with Crippen LogP contribution in [0, 0.1) is 19.8 Å². The van der Waals surface area contributed by atoms with E-state index in [0.29, 0.717) is 0 Å². The first-order chi connectivity index (χ1) is 6.59. The summed E-state index contributed by atoms with van der Waals surface area (Å²) in [5, 5.41) is 0. The molecule has 0 radical (unpaired) electrons. The molecular weight excluding hydrogens is 170 g/mol. The van der Waals surface area contributed by atoms with Gasteiger partial charge in [0.1, 0.15) is 0 Å². The number of aryl methyl sites for hydroxylation is 1. The molecule has 0 aliphatic carbocycles. The minimum atomic E-state index is 0.787. The fourth-order valence-corrected chi connectivity index (χ4v) is 2.55. The van der Waals surface area contributed by atoms with E-state index in [2.05, 4.69) is 44.9 Å². The molecule has 0 aromatic heterocycles. The maximum Gasteiger partial charge on any atom is 0.0428 e. The average molecular weight is 189 g/mol. The molecule has 0 fully saturated rings. The van der Waals surface area contributed by atoms with Crippen LogP contribution >= 0.6 is 0 Å². The molecule has 1 unspecified atom stereocenters. The third kappa shape index (κ3) is 1.41. The van der Waals surface area contributed by atoms with E-state index in [1.165, 1.54) is 35.3 Å². The number of hydrogen-bond acceptors (Lipinski definition) is 1. The molecule has 1 aliphatic heterocycles. The second-order valence-electron chi connectivity index (χ2n) is 4.71. The van der Waals surface area contributed by atoms with Crippen molar-refractivity contribution in [2.24, 2.45) is 5.92 Å². The number of hydrogen-bond donors (Lipinski definition) is 0. The molecule has 1 aromatic carbocycles. The maximum absolute atomic E-state index is 2.41. The zero-order chi connectivity index (χ0) is 10.3. The van der Waals surface area contributed by atoms with Gasteiger partial charge in [-0.1, -0.05) is 19.1 Å². The molecule has 2 rings (SSSR count). The van der Waals surface area contributed by atoms with Crippen LogP contribution in [0.4, 0.5) is 5.69 Å². The Bertz CT molecular complexity index is 354. The van der Waals surface area contributed by atoms with Gasteiger partial charge >= 0.3 is 0 Å². The van der Waals surface area contributed by atoms with Crippen LogP contribution in [-0.4, -0.2) is 13.6 Å². The van der Waals surface area contributed by atoms with Crippen molar-refractivity contribution >= 4 is 5.69 Å². The Hall–Kier alpha value is -0.980. The summed E-state index contributed by atoms with van der Waals surface area (Å²) in [6.07, 6.45) is 1.24. The molecule has 1 heterocycles. The molecule has 1 aromatic rings. The van der Waals surface area contributed by atoms with Gasteiger partial charge in [0.05, 0.1) is 0 Å². The second kappa shape index (κ2) is 3.30. The van der Waals surface area contributed by atoms with Crippen molar-refractivity contribution in [2.75, 3.05) is 18.5 Å². The molecule has 1 nitrogen and oxygen atoms in total. The molecule has 1 atom stereocenters. The van der Waals surface area contributed by atoms with Gasteiger partial charge in [0, 0.05) is 19.3 Å². The summed E-state index contributed by atoms with van der Waals surface area (Å²) in [5.41, 5.74) is 5.86. The zero-order valence-electron chi connectivity index (χ0n) is 9.59. The van der Waals surface area contributed by atoms with Crippen molar-refractivity contribution in [3.05, 3.63) is 28.8 Å². The van der Waals surface area contributed by atoms with Gasteiger partial charge in [-0.3, -0.25) is 0 Å². The smallest absolute Gasteiger partial charge is 0.0428 e. The van der Waals surface area contributed by atoms with Crippen LogP contribution < -0.4 is 4.90 Å². The molecule has 0 saturated carbocycles. The largest absolute Gasteiger partial charge is 0.374 e. The molecular formula is C13H19N. The molecule has 1 aliphatic rings. The highest BCUT2D eigenvalue weighted by Gasteiger charge is 2.20. The summed E-state index contributed by atoms with van der Waals surface area (Å²) in [7, 11) is 2.21. The normalized spacial score (nSPS) is 20.9. The van der Waals surface area contributed by atoms with Gasteiger partial charge < -0.3 is 4.90 Å². The van der Waals surface area contributed by atoms with Crippen molar-refractivity contribution in [1.82, 2.24) is 0 Å². The Kier molecular flexibility index (Phi) is 2.26. The summed E-state index contributed by atoms with van der Waals surface area (Å²) >= 11 is 0. The first-order valence-corrected chi connectivity index (χ1v) is 5.40. The Morgan fingerprint density at radius 3 is 2.71 bits per heavy atom. The monoisotopic (exact) mass is 189 g/mol. The second-order valence-corrected chi connectivity index (χ2v) is 4.71. The summed E-state index contributed by atoms with van der Waals surface area (Å²) < 4.78 is 0. The fraction of sp³-hybridized carbons (Fsp3) is 0.538. The molecule has 76 valence electrons. The van der Waals surface area contributed by atoms with E-state index >= 15 is 0 Å². The standard InChI is InChI=1S/C13H19N/c1-9-7-12-6-5-10(2)11(3)13(12)14(4)8-9/h5-6,9H,7-8H2,1-4H3. The van der Waals surface area contributed by atoms with Gasteiger partial charge in [0.15, 0.2) is 0 Å². The number of nitrogens with zero attached hydrogens (tertiary/aromatic N) is 1. The summed E-state index contributed by atoms with van der Waals surface area (Å²) in [6, 6.07) is 4.55. The quantitative estimate of drug-likeness (QED) is 0.606. The lowest BCUT2D eigenvalue weighted by molar-refractivity contribution is 0.550. The lowest BCUT2D eigenvalue weighted by Gasteiger charge is -2.33. The van der Waals surface area contributed by atoms with Gasteiger partial charge in [0.2, 0.25) is 0 Å². The Balaban J connectivity index is 2.54. The molecule has 0 bridgehead atoms. The first kappa shape index (κ1) is 9.57. The minimum Gasteiger partial charge on any atom is -0.374 e. The van der Waals surface area contributed by atoms with E-state index in [4.69, 9.17) is 0 Å². The minimum absolute atomic E-state index is 0.787. The third-order valence-corrected chi connectivity index (χ3v) is 3.32. The van der Waals surface area contributed by atoms with Gasteiger partial charge in [-0.05, 0) is 42.9 Å². The predicted octanol–water partition coefficient (Wildman–Crippen LogP) is 2.93. The molecule has 1 heteroatoms. The average Bonchev–Trinajstić information content (AvgIpc) is 2.10. The van der Waals surface area contributed by atoms with Crippen LogP contribution in [0.1, 0.15) is 23.6 Å². The SMILES string of the molecule is Cc1ccc2c(c1C)N(C)CC(C)C2. The topological polar surface area (TPSA) is 3.24 Å². The van der Waals surface area contributed by atoms with Gasteiger partial charge in [-0.15, -0.1) is 0 Å². The van der Waals surface area contributed by atoms with E-state index < -0.39 is 0 Å². The van der Waals surface area contributed by atoms with Crippen LogP contribution in [-0.2, 0) is 6.42 Å². The number of anilines is 1. The van der Waals surface area contributed by atoms with Crippen LogP contribution in [0.2, 0.25) is 0 Å². The lowest BCUT2D eigenvalue weighted by atomic mass is 9.90. The van der Waals surface area contributed by atoms with Crippen molar-refractivity contribution in [1.29, 1.82) is 0 Å². The van der Waals surface area contributed by atoms with E-state index in [0.717, 1.165) is 5.92 Å². The van der Waals surface area contributed by atoms with E-state index in [9.17, 15) is 0 Å². The zero-order valence-corrected chi connectivity index (χ0v) is 9.59. The third-order valence-electron chi connectivity index (χ3n) is 3.32. The first-order valence-electron chi connectivity index (χ1n) is 5.40. The molecule has 0 saturated heterocycles. The molecule has 0 spiro atoms. The Labute approximate surface area is 86.7 Å². The summed E-state index contributed by atoms with van der Waals surface area (Å²) in [6.45, 7) is 7.95. The molecule has 0 N–H and O–H groups in total. The van der Waals surface area contributed by atoms with Crippen molar-refractivity contribution in [3.63, 3.8) is 0 Å². The van der Waals surface area contributed by atoms with Crippen molar-refractivity contribution < 1.29 is 0 Å². The van der Waals surface area contributed by atoms with Gasteiger partial charge in [-0.2, -0.15) is 0 Å². The summed E-state index contributed by atoms with van der Waals surface area (Å²) in [4.78, 5) is 2.41. The Morgan fingerprint density at radius 2 is 2.00 bits per heavy atom. The van der Waals surface area contributed by atoms with Crippen LogP contribution in [0.5, 0.6) is 0 Å². The van der Waals surface area contributed by atoms with Crippen molar-refractivity contribution in [2.45, 2.75) is 27.2 Å². The highest BCUT2D eigenvalue weighted by atomic mass is 15.1. The van der Waals surface area contributed by atoms with E-state index in [1.807, 2.05) is 0 Å². The summed E-state index contributed by atoms with van der Waals surface area (Å²) in [5.74, 6) is 0.787. The highest BCUT2D eigenvalue weighted by Crippen LogP contribution is 2.33. The van der Waals surface area contributed by atoms with Crippen LogP contribution in [0.25, 0.3) is 0 Å². The van der Waals surface area contributed by atoms with Crippen LogP contribution in [0.15, 0.2) is 12.1 Å². The fourth-order valence-electron chi connectivity index (χ4n) is 2.55. The molecule has 0 amide bonds. The van der Waals surface area contributed by atoms with Gasteiger partial charge in [0.25, 0.3) is 0 Å². The van der Waals surface area contributed by atoms with E-state index in [-0.39, 0.29) is 0 Å². The van der Waals surface area contributed by atoms with Crippen molar-refractivity contribution in [3.8, 4) is 0 Å². The Morgan fingerprint density at radius 1 is 1.29 bits per heavy atom. The van der Waals surface area contributed by atoms with E-state index in [1.54, 1.807) is 0 Å². The highest BCUT2D eigenvalue weighted by molar-refractivity contribution is 5.62. The number of fused-ring (bicyclic) bond motifs is 1. The van der Waals surface area contributed by atoms with Gasteiger partial charge in [-0.25, -0.2) is 0 Å². The van der Waals surface area contributed by atoms with Crippen LogP contribution in [0.3, 0.4) is 0 Å². The maximum atomic E-state index is 2.41. The lowest BCUT2D eigenvalue weighted by Crippen LogP contribution is -2.31. The predicted molar refractivity (Wildman–Crippen MR) is 62.1 cm³/mol. The molecule has 14 heavy (non-hydrogen) atoms.